The molecule has 1 aliphatic carbocycles. The molecule has 0 unspecified atom stereocenters. The molecular formula is C23H28N2O5. The van der Waals surface area contributed by atoms with E-state index in [9.17, 15) is 19.7 Å². The molecule has 0 aromatic heterocycles. The van der Waals surface area contributed by atoms with E-state index in [4.69, 9.17) is 4.74 Å². The number of dihydropyridines is 1. The molecule has 1 aromatic rings. The number of Topliss-reactive ketones (excluding diaryl/α,β-unsaturated/α-hetero) is 1. The van der Waals surface area contributed by atoms with E-state index in [0.29, 0.717) is 41.9 Å². The number of ether oxygens (including phenoxy) is 1. The number of nitrogens with zero attached hydrogens (tertiary/aromatic N) is 1. The first-order chi connectivity index (χ1) is 14.1. The smallest absolute Gasteiger partial charge is 0.336 e. The SMILES string of the molecule is CCCCOC(=O)C1=C(C)NC2=C(C(=O)CC(C)(C)C2)[C@@H]1c1cccc([N+](=O)[O-])c1. The molecule has 0 amide bonds. The summed E-state index contributed by atoms with van der Waals surface area (Å²) in [6.07, 6.45) is 2.65. The standard InChI is InChI=1S/C23H28N2O5/c1-5-6-10-30-22(27)19-14(2)24-17-12-23(3,4)13-18(26)21(17)20(19)15-8-7-9-16(11-15)25(28)29/h7-9,11,20,24H,5-6,10,12-13H2,1-4H3/t20-/m1/s1. The van der Waals surface area contributed by atoms with Crippen LogP contribution in [-0.4, -0.2) is 23.3 Å². The average molecular weight is 412 g/mol. The Balaban J connectivity index is 2.13. The van der Waals surface area contributed by atoms with Gasteiger partial charge in [0.15, 0.2) is 5.78 Å². The maximum atomic E-state index is 13.2. The summed E-state index contributed by atoms with van der Waals surface area (Å²) in [5, 5.41) is 14.6. The number of unbranched alkanes of at least 4 members (excludes halogenated alkanes) is 1. The number of non-ortho nitro benzene ring substituents is 1. The first-order valence-electron chi connectivity index (χ1n) is 10.3. The van der Waals surface area contributed by atoms with Gasteiger partial charge < -0.3 is 10.1 Å². The number of nitro groups is 1. The molecule has 0 fully saturated rings. The minimum atomic E-state index is -0.682. The van der Waals surface area contributed by atoms with E-state index < -0.39 is 16.8 Å². The number of rotatable bonds is 6. The minimum Gasteiger partial charge on any atom is -0.462 e. The highest BCUT2D eigenvalue weighted by molar-refractivity contribution is 6.04. The summed E-state index contributed by atoms with van der Waals surface area (Å²) in [5.74, 6) is -1.22. The van der Waals surface area contributed by atoms with Crippen LogP contribution in [0.5, 0.6) is 0 Å². The van der Waals surface area contributed by atoms with Crippen molar-refractivity contribution in [3.8, 4) is 0 Å². The van der Waals surface area contributed by atoms with Gasteiger partial charge in [0.1, 0.15) is 0 Å². The predicted molar refractivity (Wildman–Crippen MR) is 113 cm³/mol. The number of hydrogen-bond donors (Lipinski definition) is 1. The molecule has 1 aromatic carbocycles. The third kappa shape index (κ3) is 4.30. The number of benzene rings is 1. The van der Waals surface area contributed by atoms with E-state index >= 15 is 0 Å². The van der Waals surface area contributed by atoms with Crippen molar-refractivity contribution in [1.82, 2.24) is 5.32 Å². The summed E-state index contributed by atoms with van der Waals surface area (Å²) in [5.41, 5.74) is 2.55. The lowest BCUT2D eigenvalue weighted by Gasteiger charge is -2.39. The Hall–Kier alpha value is -2.96. The molecule has 1 atom stereocenters. The van der Waals surface area contributed by atoms with Crippen LogP contribution >= 0.6 is 0 Å². The lowest BCUT2D eigenvalue weighted by molar-refractivity contribution is -0.384. The molecule has 0 saturated heterocycles. The Morgan fingerprint density at radius 2 is 2.07 bits per heavy atom. The van der Waals surface area contributed by atoms with Crippen molar-refractivity contribution in [3.63, 3.8) is 0 Å². The topological polar surface area (TPSA) is 98.5 Å². The highest BCUT2D eigenvalue weighted by Gasteiger charge is 2.43. The van der Waals surface area contributed by atoms with Crippen LogP contribution in [0.25, 0.3) is 0 Å². The molecule has 30 heavy (non-hydrogen) atoms. The van der Waals surface area contributed by atoms with Gasteiger partial charge in [-0.25, -0.2) is 4.79 Å². The molecule has 7 nitrogen and oxygen atoms in total. The van der Waals surface area contributed by atoms with Crippen molar-refractivity contribution >= 4 is 17.4 Å². The van der Waals surface area contributed by atoms with Crippen LogP contribution in [0.3, 0.4) is 0 Å². The highest BCUT2D eigenvalue weighted by atomic mass is 16.6. The maximum Gasteiger partial charge on any atom is 0.336 e. The summed E-state index contributed by atoms with van der Waals surface area (Å²) in [4.78, 5) is 37.0. The Labute approximate surface area is 176 Å². The van der Waals surface area contributed by atoms with Gasteiger partial charge in [0.25, 0.3) is 5.69 Å². The van der Waals surface area contributed by atoms with Crippen molar-refractivity contribution in [1.29, 1.82) is 0 Å². The number of nitrogens with one attached hydrogen (secondary N) is 1. The van der Waals surface area contributed by atoms with E-state index in [1.807, 2.05) is 20.8 Å². The van der Waals surface area contributed by atoms with Gasteiger partial charge >= 0.3 is 5.97 Å². The fourth-order valence-corrected chi connectivity index (χ4v) is 4.24. The zero-order valence-electron chi connectivity index (χ0n) is 17.9. The average Bonchev–Trinajstić information content (AvgIpc) is 2.66. The van der Waals surface area contributed by atoms with Gasteiger partial charge in [-0.2, -0.15) is 0 Å². The largest absolute Gasteiger partial charge is 0.462 e. The number of ketones is 1. The van der Waals surface area contributed by atoms with Crippen LogP contribution in [0.1, 0.15) is 64.9 Å². The number of esters is 1. The maximum absolute atomic E-state index is 13.2. The number of carbonyl (C=O) groups excluding carboxylic acids is 2. The van der Waals surface area contributed by atoms with Crippen molar-refractivity contribution in [2.75, 3.05) is 6.61 Å². The number of carbonyl (C=O) groups is 2. The Morgan fingerprint density at radius 1 is 1.33 bits per heavy atom. The van der Waals surface area contributed by atoms with Crippen LogP contribution in [-0.2, 0) is 14.3 Å². The van der Waals surface area contributed by atoms with Gasteiger partial charge in [0, 0.05) is 41.4 Å². The van der Waals surface area contributed by atoms with Gasteiger partial charge in [-0.3, -0.25) is 14.9 Å². The van der Waals surface area contributed by atoms with E-state index in [1.165, 1.54) is 12.1 Å². The molecule has 1 aliphatic heterocycles. The Morgan fingerprint density at radius 3 is 2.73 bits per heavy atom. The summed E-state index contributed by atoms with van der Waals surface area (Å²) >= 11 is 0. The Kier molecular flexibility index (Phi) is 6.10. The number of hydrogen-bond acceptors (Lipinski definition) is 6. The summed E-state index contributed by atoms with van der Waals surface area (Å²) in [7, 11) is 0. The van der Waals surface area contributed by atoms with Gasteiger partial charge in [-0.15, -0.1) is 0 Å². The molecule has 0 saturated carbocycles. The van der Waals surface area contributed by atoms with Crippen molar-refractivity contribution in [2.45, 2.75) is 59.3 Å². The zero-order chi connectivity index (χ0) is 22.1. The molecule has 0 bridgehead atoms. The first kappa shape index (κ1) is 21.7. The van der Waals surface area contributed by atoms with E-state index in [0.717, 1.165) is 18.5 Å². The lowest BCUT2D eigenvalue weighted by Crippen LogP contribution is -2.38. The van der Waals surface area contributed by atoms with E-state index in [2.05, 4.69) is 5.32 Å². The highest BCUT2D eigenvalue weighted by Crippen LogP contribution is 2.47. The third-order valence-corrected chi connectivity index (χ3v) is 5.61. The van der Waals surface area contributed by atoms with Crippen LogP contribution in [0.4, 0.5) is 5.69 Å². The summed E-state index contributed by atoms with van der Waals surface area (Å²) < 4.78 is 5.47. The molecule has 7 heteroatoms. The van der Waals surface area contributed by atoms with Crippen LogP contribution in [0.2, 0.25) is 0 Å². The van der Waals surface area contributed by atoms with Crippen molar-refractivity contribution < 1.29 is 19.2 Å². The molecule has 0 radical (unpaired) electrons. The van der Waals surface area contributed by atoms with Gasteiger partial charge in [0.05, 0.1) is 17.1 Å². The lowest BCUT2D eigenvalue weighted by atomic mass is 9.68. The van der Waals surface area contributed by atoms with Gasteiger partial charge in [0.2, 0.25) is 0 Å². The Bertz CT molecular complexity index is 958. The molecule has 2 aliphatic rings. The summed E-state index contributed by atoms with van der Waals surface area (Å²) in [6.45, 7) is 8.15. The van der Waals surface area contributed by atoms with Crippen LogP contribution in [0, 0.1) is 15.5 Å². The molecule has 1 heterocycles. The van der Waals surface area contributed by atoms with Gasteiger partial charge in [-0.1, -0.05) is 39.3 Å². The molecule has 160 valence electrons. The molecule has 3 rings (SSSR count). The quantitative estimate of drug-likeness (QED) is 0.319. The monoisotopic (exact) mass is 412 g/mol. The van der Waals surface area contributed by atoms with E-state index in [1.54, 1.807) is 19.1 Å². The molecular weight excluding hydrogens is 384 g/mol. The molecule has 0 spiro atoms. The van der Waals surface area contributed by atoms with E-state index in [-0.39, 0.29) is 16.9 Å². The fraction of sp³-hybridized carbons (Fsp3) is 0.478. The number of allylic oxidation sites excluding steroid dienone is 3. The fourth-order valence-electron chi connectivity index (χ4n) is 4.24. The molecule has 1 N–H and O–H groups in total. The number of nitro benzene ring substituents is 1. The third-order valence-electron chi connectivity index (χ3n) is 5.61. The van der Waals surface area contributed by atoms with Crippen LogP contribution in [0.15, 0.2) is 46.8 Å². The second-order valence-electron chi connectivity index (χ2n) is 8.77. The predicted octanol–water partition coefficient (Wildman–Crippen LogP) is 4.54. The summed E-state index contributed by atoms with van der Waals surface area (Å²) in [6, 6.07) is 6.16. The zero-order valence-corrected chi connectivity index (χ0v) is 17.9. The minimum absolute atomic E-state index is 0.0448. The van der Waals surface area contributed by atoms with Crippen molar-refractivity contribution in [3.05, 3.63) is 62.5 Å². The van der Waals surface area contributed by atoms with Gasteiger partial charge in [-0.05, 0) is 30.7 Å². The normalized spacial score (nSPS) is 20.5. The van der Waals surface area contributed by atoms with Crippen LogP contribution < -0.4 is 5.32 Å². The second kappa shape index (κ2) is 8.42. The van der Waals surface area contributed by atoms with Crippen molar-refractivity contribution in [2.24, 2.45) is 5.41 Å². The first-order valence-corrected chi connectivity index (χ1v) is 10.3. The second-order valence-corrected chi connectivity index (χ2v) is 8.77.